The zero-order valence-corrected chi connectivity index (χ0v) is 16.1. The number of carbonyl (C=O) groups is 1. The summed E-state index contributed by atoms with van der Waals surface area (Å²) in [4.78, 5) is 33.1. The van der Waals surface area contributed by atoms with Gasteiger partial charge in [0, 0.05) is 56.7 Å². The lowest BCUT2D eigenvalue weighted by Gasteiger charge is -2.34. The molecule has 0 radical (unpaired) electrons. The van der Waals surface area contributed by atoms with Gasteiger partial charge in [0.15, 0.2) is 0 Å². The number of amides is 1. The number of rotatable bonds is 5. The van der Waals surface area contributed by atoms with E-state index >= 15 is 0 Å². The molecule has 7 heteroatoms. The van der Waals surface area contributed by atoms with Gasteiger partial charge < -0.3 is 4.90 Å². The van der Waals surface area contributed by atoms with E-state index in [1.54, 1.807) is 18.5 Å². The van der Waals surface area contributed by atoms with E-state index in [1.807, 2.05) is 35.2 Å². The summed E-state index contributed by atoms with van der Waals surface area (Å²) in [5, 5.41) is 4.35. The van der Waals surface area contributed by atoms with Crippen LogP contribution >= 0.6 is 0 Å². The van der Waals surface area contributed by atoms with Crippen molar-refractivity contribution in [3.8, 4) is 11.3 Å². The molecular formula is C22H23N5O2. The normalized spacial score (nSPS) is 14.7. The highest BCUT2D eigenvalue weighted by Gasteiger charge is 2.22. The number of hydrogen-bond acceptors (Lipinski definition) is 5. The summed E-state index contributed by atoms with van der Waals surface area (Å²) in [5.74, 6) is -0.0812. The van der Waals surface area contributed by atoms with E-state index < -0.39 is 0 Å². The maximum Gasteiger partial charge on any atom is 0.267 e. The second-order valence-electron chi connectivity index (χ2n) is 7.10. The fourth-order valence-corrected chi connectivity index (χ4v) is 3.46. The van der Waals surface area contributed by atoms with Crippen molar-refractivity contribution < 1.29 is 4.79 Å². The van der Waals surface area contributed by atoms with Crippen molar-refractivity contribution in [2.24, 2.45) is 0 Å². The number of pyridine rings is 1. The smallest absolute Gasteiger partial charge is 0.267 e. The predicted molar refractivity (Wildman–Crippen MR) is 110 cm³/mol. The minimum Gasteiger partial charge on any atom is -0.339 e. The molecule has 0 N–H and O–H groups in total. The van der Waals surface area contributed by atoms with Crippen molar-refractivity contribution in [3.63, 3.8) is 0 Å². The molecule has 148 valence electrons. The molecule has 29 heavy (non-hydrogen) atoms. The summed E-state index contributed by atoms with van der Waals surface area (Å²) in [6, 6.07) is 17.1. The quantitative estimate of drug-likeness (QED) is 0.664. The van der Waals surface area contributed by atoms with Crippen molar-refractivity contribution >= 4 is 5.91 Å². The third kappa shape index (κ3) is 4.75. The second-order valence-corrected chi connectivity index (χ2v) is 7.10. The third-order valence-corrected chi connectivity index (χ3v) is 5.08. The molecule has 1 amide bonds. The lowest BCUT2D eigenvalue weighted by molar-refractivity contribution is -0.133. The minimum atomic E-state index is -0.284. The molecule has 1 saturated heterocycles. The maximum absolute atomic E-state index is 12.7. The van der Waals surface area contributed by atoms with E-state index in [1.165, 1.54) is 16.3 Å². The van der Waals surface area contributed by atoms with Gasteiger partial charge >= 0.3 is 0 Å². The highest BCUT2D eigenvalue weighted by molar-refractivity contribution is 5.76. The molecule has 1 fully saturated rings. The highest BCUT2D eigenvalue weighted by Crippen LogP contribution is 2.13. The summed E-state index contributed by atoms with van der Waals surface area (Å²) < 4.78 is 1.24. The Morgan fingerprint density at radius 2 is 1.72 bits per heavy atom. The molecule has 4 rings (SSSR count). The Morgan fingerprint density at radius 3 is 2.45 bits per heavy atom. The first-order valence-electron chi connectivity index (χ1n) is 9.72. The number of nitrogens with zero attached hydrogens (tertiary/aromatic N) is 5. The zero-order valence-electron chi connectivity index (χ0n) is 16.1. The molecule has 1 aliphatic rings. The Morgan fingerprint density at radius 1 is 0.931 bits per heavy atom. The number of carbonyl (C=O) groups excluding carboxylic acids is 1. The van der Waals surface area contributed by atoms with Gasteiger partial charge in [0.05, 0.1) is 5.69 Å². The highest BCUT2D eigenvalue weighted by atomic mass is 16.2. The van der Waals surface area contributed by atoms with E-state index in [0.29, 0.717) is 18.8 Å². The summed E-state index contributed by atoms with van der Waals surface area (Å²) in [6.07, 6.45) is 3.37. The third-order valence-electron chi connectivity index (χ3n) is 5.08. The van der Waals surface area contributed by atoms with Crippen molar-refractivity contribution in [3.05, 3.63) is 82.9 Å². The van der Waals surface area contributed by atoms with Crippen LogP contribution in [0.3, 0.4) is 0 Å². The van der Waals surface area contributed by atoms with Crippen LogP contribution in [0.4, 0.5) is 0 Å². The van der Waals surface area contributed by atoms with Gasteiger partial charge in [0.1, 0.15) is 6.54 Å². The monoisotopic (exact) mass is 389 g/mol. The molecule has 0 atom stereocenters. The fourth-order valence-electron chi connectivity index (χ4n) is 3.46. The average molecular weight is 389 g/mol. The van der Waals surface area contributed by atoms with Crippen LogP contribution in [0.5, 0.6) is 0 Å². The van der Waals surface area contributed by atoms with Gasteiger partial charge in [-0.3, -0.25) is 19.5 Å². The second kappa shape index (κ2) is 8.79. The maximum atomic E-state index is 12.7. The van der Waals surface area contributed by atoms with Crippen LogP contribution in [-0.2, 0) is 17.9 Å². The van der Waals surface area contributed by atoms with Gasteiger partial charge in [-0.2, -0.15) is 5.10 Å². The van der Waals surface area contributed by atoms with E-state index in [4.69, 9.17) is 0 Å². The number of hydrogen-bond donors (Lipinski definition) is 0. The van der Waals surface area contributed by atoms with Gasteiger partial charge in [0.2, 0.25) is 5.91 Å². The van der Waals surface area contributed by atoms with Gasteiger partial charge in [-0.25, -0.2) is 4.68 Å². The Labute approximate surface area is 169 Å². The first kappa shape index (κ1) is 19.0. The fraction of sp³-hybridized carbons (Fsp3) is 0.273. The van der Waals surface area contributed by atoms with E-state index in [2.05, 4.69) is 27.1 Å². The number of aromatic nitrogens is 3. The Bertz CT molecular complexity index is 1010. The van der Waals surface area contributed by atoms with Crippen molar-refractivity contribution in [2.45, 2.75) is 13.1 Å². The molecule has 0 unspecified atom stereocenters. The van der Waals surface area contributed by atoms with Gasteiger partial charge in [-0.05, 0) is 23.8 Å². The van der Waals surface area contributed by atoms with Gasteiger partial charge in [-0.1, -0.05) is 30.3 Å². The van der Waals surface area contributed by atoms with Crippen molar-refractivity contribution in [1.29, 1.82) is 0 Å². The van der Waals surface area contributed by atoms with E-state index in [9.17, 15) is 9.59 Å². The Kier molecular flexibility index (Phi) is 5.76. The van der Waals surface area contributed by atoms with Crippen molar-refractivity contribution in [1.82, 2.24) is 24.6 Å². The van der Waals surface area contributed by atoms with Crippen LogP contribution in [0.1, 0.15) is 5.56 Å². The molecule has 0 aliphatic carbocycles. The van der Waals surface area contributed by atoms with E-state index in [0.717, 1.165) is 25.2 Å². The first-order valence-corrected chi connectivity index (χ1v) is 9.72. The molecular weight excluding hydrogens is 366 g/mol. The van der Waals surface area contributed by atoms with Crippen LogP contribution < -0.4 is 5.56 Å². The van der Waals surface area contributed by atoms with Crippen LogP contribution in [0.15, 0.2) is 71.8 Å². The summed E-state index contributed by atoms with van der Waals surface area (Å²) in [7, 11) is 0. The lowest BCUT2D eigenvalue weighted by atomic mass is 10.2. The summed E-state index contributed by atoms with van der Waals surface area (Å²) in [5.41, 5.74) is 2.42. The van der Waals surface area contributed by atoms with Crippen LogP contribution in [0.25, 0.3) is 11.3 Å². The summed E-state index contributed by atoms with van der Waals surface area (Å²) >= 11 is 0. The zero-order chi connectivity index (χ0) is 20.1. The van der Waals surface area contributed by atoms with Crippen LogP contribution in [0, 0.1) is 0 Å². The number of piperazine rings is 1. The van der Waals surface area contributed by atoms with Crippen LogP contribution in [-0.4, -0.2) is 56.7 Å². The molecule has 3 heterocycles. The molecule has 7 nitrogen and oxygen atoms in total. The molecule has 1 aliphatic heterocycles. The molecule has 2 aromatic heterocycles. The SMILES string of the molecule is O=C(Cn1nc(-c2cccnc2)ccc1=O)N1CCN(Cc2ccccc2)CC1. The minimum absolute atomic E-state index is 0.0500. The Hall–Kier alpha value is -3.32. The largest absolute Gasteiger partial charge is 0.339 e. The van der Waals surface area contributed by atoms with Gasteiger partial charge in [0.25, 0.3) is 5.56 Å². The molecule has 1 aromatic carbocycles. The summed E-state index contributed by atoms with van der Waals surface area (Å²) in [6.45, 7) is 3.78. The van der Waals surface area contributed by atoms with Crippen LogP contribution in [0.2, 0.25) is 0 Å². The molecule has 3 aromatic rings. The molecule has 0 saturated carbocycles. The standard InChI is InChI=1S/C22H23N5O2/c28-21-9-8-20(19-7-4-10-23-15-19)24-27(21)17-22(29)26-13-11-25(12-14-26)16-18-5-2-1-3-6-18/h1-10,15H,11-14,16-17H2. The topological polar surface area (TPSA) is 71.3 Å². The lowest BCUT2D eigenvalue weighted by Crippen LogP contribution is -2.49. The predicted octanol–water partition coefficient (Wildman–Crippen LogP) is 1.65. The first-order chi connectivity index (χ1) is 14.2. The number of benzene rings is 1. The van der Waals surface area contributed by atoms with Gasteiger partial charge in [-0.15, -0.1) is 0 Å². The Balaban J connectivity index is 1.37. The van der Waals surface area contributed by atoms with E-state index in [-0.39, 0.29) is 18.0 Å². The molecule has 0 bridgehead atoms. The molecule has 0 spiro atoms. The van der Waals surface area contributed by atoms with Crippen molar-refractivity contribution in [2.75, 3.05) is 26.2 Å². The average Bonchev–Trinajstić information content (AvgIpc) is 2.77.